The third-order valence-corrected chi connectivity index (χ3v) is 5.14. The number of hydrogen-bond donors (Lipinski definition) is 2. The Kier molecular flexibility index (Phi) is 4.48. The highest BCUT2D eigenvalue weighted by Crippen LogP contribution is 2.32. The number of benzene rings is 2. The van der Waals surface area contributed by atoms with E-state index in [1.54, 1.807) is 6.07 Å². The van der Waals surface area contributed by atoms with Crippen LogP contribution in [-0.2, 0) is 12.8 Å². The summed E-state index contributed by atoms with van der Waals surface area (Å²) in [7, 11) is 0. The van der Waals surface area contributed by atoms with E-state index in [0.717, 1.165) is 19.3 Å². The molecular weight excluding hydrogens is 338 g/mol. The third-order valence-electron chi connectivity index (χ3n) is 5.14. The molecule has 0 fully saturated rings. The van der Waals surface area contributed by atoms with Crippen LogP contribution in [0, 0.1) is 5.92 Å². The Hall–Kier alpha value is -3.02. The van der Waals surface area contributed by atoms with Gasteiger partial charge in [0.1, 0.15) is 0 Å². The monoisotopic (exact) mass is 361 g/mol. The molecule has 0 saturated carbocycles. The van der Waals surface area contributed by atoms with Crippen LogP contribution in [-0.4, -0.2) is 32.1 Å². The minimum absolute atomic E-state index is 0.115. The van der Waals surface area contributed by atoms with Gasteiger partial charge < -0.3 is 5.32 Å². The lowest BCUT2D eigenvalue weighted by molar-refractivity contribution is 0.0902. The molecule has 0 saturated heterocycles. The van der Waals surface area contributed by atoms with Gasteiger partial charge in [0, 0.05) is 11.1 Å². The zero-order valence-electron chi connectivity index (χ0n) is 15.6. The highest BCUT2D eigenvalue weighted by molar-refractivity contribution is 6.00. The summed E-state index contributed by atoms with van der Waals surface area (Å²) in [5, 5.41) is 17.2. The first-order valence-corrected chi connectivity index (χ1v) is 9.24. The van der Waals surface area contributed by atoms with Gasteiger partial charge in [-0.1, -0.05) is 42.5 Å². The number of aromatic nitrogens is 4. The van der Waals surface area contributed by atoms with Crippen molar-refractivity contribution in [2.45, 2.75) is 38.6 Å². The lowest BCUT2D eigenvalue weighted by Gasteiger charge is -2.29. The summed E-state index contributed by atoms with van der Waals surface area (Å²) in [6, 6.07) is 16.0. The average molecular weight is 361 g/mol. The molecule has 6 nitrogen and oxygen atoms in total. The topological polar surface area (TPSA) is 83.6 Å². The van der Waals surface area contributed by atoms with Crippen LogP contribution in [0.1, 0.15) is 41.8 Å². The summed E-state index contributed by atoms with van der Waals surface area (Å²) < 4.78 is 0. The van der Waals surface area contributed by atoms with E-state index in [-0.39, 0.29) is 11.4 Å². The van der Waals surface area contributed by atoms with E-state index in [2.05, 4.69) is 64.1 Å². The lowest BCUT2D eigenvalue weighted by Crippen LogP contribution is -2.45. The molecule has 1 aliphatic rings. The number of H-pyrrole nitrogens is 1. The third kappa shape index (κ3) is 3.74. The van der Waals surface area contributed by atoms with Crippen molar-refractivity contribution in [3.8, 4) is 11.4 Å². The number of amides is 1. The molecule has 0 aliphatic heterocycles. The number of rotatable bonds is 5. The van der Waals surface area contributed by atoms with Gasteiger partial charge in [0.15, 0.2) is 0 Å². The van der Waals surface area contributed by atoms with Gasteiger partial charge >= 0.3 is 0 Å². The number of carbonyl (C=O) groups is 1. The first-order valence-electron chi connectivity index (χ1n) is 9.24. The molecule has 0 bridgehead atoms. The molecule has 0 atom stereocenters. The van der Waals surface area contributed by atoms with Gasteiger partial charge in [-0.25, -0.2) is 0 Å². The van der Waals surface area contributed by atoms with Crippen molar-refractivity contribution >= 4 is 5.91 Å². The van der Waals surface area contributed by atoms with Crippen LogP contribution in [0.15, 0.2) is 48.5 Å². The molecule has 0 radical (unpaired) electrons. The number of nitrogens with zero attached hydrogens (tertiary/aromatic N) is 3. The fraction of sp³-hybridized carbons (Fsp3) is 0.333. The molecule has 4 rings (SSSR count). The SMILES string of the molecule is CC(C)(CC1Cc2ccccc2C1)NC(=O)c1ccccc1-c1nn[nH]n1. The summed E-state index contributed by atoms with van der Waals surface area (Å²) in [5.74, 6) is 0.853. The van der Waals surface area contributed by atoms with Gasteiger partial charge in [0.2, 0.25) is 5.82 Å². The second kappa shape index (κ2) is 6.95. The van der Waals surface area contributed by atoms with Crippen LogP contribution < -0.4 is 5.32 Å². The molecule has 138 valence electrons. The van der Waals surface area contributed by atoms with Crippen LogP contribution in [0.4, 0.5) is 0 Å². The Bertz CT molecular complexity index is 924. The van der Waals surface area contributed by atoms with Gasteiger partial charge in [-0.2, -0.15) is 5.21 Å². The zero-order valence-corrected chi connectivity index (χ0v) is 15.6. The predicted octanol–water partition coefficient (Wildman–Crippen LogP) is 3.18. The normalized spacial score (nSPS) is 14.1. The van der Waals surface area contributed by atoms with Gasteiger partial charge in [-0.05, 0) is 61.4 Å². The van der Waals surface area contributed by atoms with Crippen molar-refractivity contribution in [2.75, 3.05) is 0 Å². The fourth-order valence-electron chi connectivity index (χ4n) is 4.09. The molecule has 2 aromatic carbocycles. The van der Waals surface area contributed by atoms with Crippen molar-refractivity contribution in [1.29, 1.82) is 0 Å². The maximum Gasteiger partial charge on any atom is 0.252 e. The van der Waals surface area contributed by atoms with Crippen LogP contribution in [0.5, 0.6) is 0 Å². The maximum atomic E-state index is 13.0. The van der Waals surface area contributed by atoms with E-state index in [0.29, 0.717) is 22.9 Å². The minimum atomic E-state index is -0.311. The molecule has 0 spiro atoms. The Balaban J connectivity index is 1.47. The van der Waals surface area contributed by atoms with E-state index in [9.17, 15) is 4.79 Å². The van der Waals surface area contributed by atoms with Crippen molar-refractivity contribution in [3.05, 3.63) is 65.2 Å². The van der Waals surface area contributed by atoms with E-state index < -0.39 is 0 Å². The Morgan fingerprint density at radius 1 is 1.11 bits per heavy atom. The predicted molar refractivity (Wildman–Crippen MR) is 103 cm³/mol. The number of nitrogens with one attached hydrogen (secondary N) is 2. The number of aromatic amines is 1. The van der Waals surface area contributed by atoms with Crippen LogP contribution in [0.25, 0.3) is 11.4 Å². The molecule has 1 amide bonds. The Morgan fingerprint density at radius 3 is 2.44 bits per heavy atom. The van der Waals surface area contributed by atoms with E-state index in [4.69, 9.17) is 0 Å². The van der Waals surface area contributed by atoms with Crippen molar-refractivity contribution in [2.24, 2.45) is 5.92 Å². The lowest BCUT2D eigenvalue weighted by atomic mass is 9.88. The van der Waals surface area contributed by atoms with Crippen molar-refractivity contribution in [1.82, 2.24) is 25.9 Å². The van der Waals surface area contributed by atoms with Crippen LogP contribution in [0.2, 0.25) is 0 Å². The van der Waals surface area contributed by atoms with E-state index >= 15 is 0 Å². The summed E-state index contributed by atoms with van der Waals surface area (Å²) in [5.41, 5.74) is 3.79. The largest absolute Gasteiger partial charge is 0.347 e. The second-order valence-electron chi connectivity index (χ2n) is 7.87. The molecular formula is C21H23N5O. The standard InChI is InChI=1S/C21H23N5O/c1-21(2,13-14-11-15-7-3-4-8-16(15)12-14)22-20(27)18-10-6-5-9-17(18)19-23-25-26-24-19/h3-10,14H,11-13H2,1-2H3,(H,22,27)(H,23,24,25,26). The summed E-state index contributed by atoms with van der Waals surface area (Å²) >= 11 is 0. The fourth-order valence-corrected chi connectivity index (χ4v) is 4.09. The van der Waals surface area contributed by atoms with Crippen molar-refractivity contribution in [3.63, 3.8) is 0 Å². The summed E-state index contributed by atoms with van der Waals surface area (Å²) in [6.45, 7) is 4.18. The van der Waals surface area contributed by atoms with Gasteiger partial charge in [-0.3, -0.25) is 4.79 Å². The second-order valence-corrected chi connectivity index (χ2v) is 7.87. The minimum Gasteiger partial charge on any atom is -0.347 e. The van der Waals surface area contributed by atoms with E-state index in [1.807, 2.05) is 18.2 Å². The average Bonchev–Trinajstić information content (AvgIpc) is 3.30. The number of fused-ring (bicyclic) bond motifs is 1. The molecule has 2 N–H and O–H groups in total. The van der Waals surface area contributed by atoms with Crippen LogP contribution in [0.3, 0.4) is 0 Å². The maximum absolute atomic E-state index is 13.0. The molecule has 27 heavy (non-hydrogen) atoms. The van der Waals surface area contributed by atoms with Crippen molar-refractivity contribution < 1.29 is 4.79 Å². The Labute approximate surface area is 158 Å². The molecule has 0 unspecified atom stereocenters. The molecule has 1 aromatic heterocycles. The van der Waals surface area contributed by atoms with Gasteiger partial charge in [0.05, 0.1) is 5.56 Å². The van der Waals surface area contributed by atoms with Gasteiger partial charge in [-0.15, -0.1) is 10.2 Å². The Morgan fingerprint density at radius 2 is 1.78 bits per heavy atom. The van der Waals surface area contributed by atoms with Crippen LogP contribution >= 0.6 is 0 Å². The number of hydrogen-bond acceptors (Lipinski definition) is 4. The summed E-state index contributed by atoms with van der Waals surface area (Å²) in [4.78, 5) is 13.0. The van der Waals surface area contributed by atoms with Gasteiger partial charge in [0.25, 0.3) is 5.91 Å². The first kappa shape index (κ1) is 17.4. The smallest absolute Gasteiger partial charge is 0.252 e. The highest BCUT2D eigenvalue weighted by Gasteiger charge is 2.30. The highest BCUT2D eigenvalue weighted by atomic mass is 16.1. The first-order chi connectivity index (χ1) is 13.0. The molecule has 3 aromatic rings. The summed E-state index contributed by atoms with van der Waals surface area (Å²) in [6.07, 6.45) is 3.08. The quantitative estimate of drug-likeness (QED) is 0.731. The number of tetrazole rings is 1. The van der Waals surface area contributed by atoms with E-state index in [1.165, 1.54) is 11.1 Å². The molecule has 1 heterocycles. The number of carbonyl (C=O) groups excluding carboxylic acids is 1. The zero-order chi connectivity index (χ0) is 18.9. The molecule has 1 aliphatic carbocycles. The molecule has 6 heteroatoms.